The van der Waals surface area contributed by atoms with Crippen LogP contribution in [0.25, 0.3) is 0 Å². The van der Waals surface area contributed by atoms with Crippen molar-refractivity contribution in [2.75, 3.05) is 26.2 Å². The van der Waals surface area contributed by atoms with Gasteiger partial charge in [0.25, 0.3) is 0 Å². The first-order valence-corrected chi connectivity index (χ1v) is 8.10. The molecule has 5 heteroatoms. The van der Waals surface area contributed by atoms with Crippen LogP contribution >= 0.6 is 0 Å². The molecule has 5 nitrogen and oxygen atoms in total. The first-order valence-electron chi connectivity index (χ1n) is 8.10. The number of nitrogens with zero attached hydrogens (tertiary/aromatic N) is 1. The molecule has 2 unspecified atom stereocenters. The monoisotopic (exact) mass is 283 g/mol. The summed E-state index contributed by atoms with van der Waals surface area (Å²) in [7, 11) is 0. The van der Waals surface area contributed by atoms with Crippen molar-refractivity contribution in [1.29, 1.82) is 0 Å². The zero-order valence-electron chi connectivity index (χ0n) is 12.6. The standard InChI is InChI=1S/C15H29N3O2/c1-12(17-15(20)16-8-4-10-19)13-5-3-9-18(11-13)14-6-2-7-14/h12-14,19H,2-11H2,1H3,(H2,16,17,20). The highest BCUT2D eigenvalue weighted by Gasteiger charge is 2.31. The second-order valence-corrected chi connectivity index (χ2v) is 6.25. The Bertz CT molecular complexity index is 307. The van der Waals surface area contributed by atoms with Gasteiger partial charge in [-0.1, -0.05) is 6.42 Å². The Morgan fingerprint density at radius 3 is 2.80 bits per heavy atom. The largest absolute Gasteiger partial charge is 0.396 e. The molecule has 0 spiro atoms. The van der Waals surface area contributed by atoms with E-state index in [1.54, 1.807) is 0 Å². The average Bonchev–Trinajstić information content (AvgIpc) is 2.37. The van der Waals surface area contributed by atoms with E-state index in [1.165, 1.54) is 38.6 Å². The Labute approximate surface area is 122 Å². The van der Waals surface area contributed by atoms with Gasteiger partial charge in [0.15, 0.2) is 0 Å². The molecule has 0 aromatic heterocycles. The summed E-state index contributed by atoms with van der Waals surface area (Å²) in [5, 5.41) is 14.5. The van der Waals surface area contributed by atoms with E-state index in [9.17, 15) is 4.79 Å². The summed E-state index contributed by atoms with van der Waals surface area (Å²) in [5.74, 6) is 0.563. The van der Waals surface area contributed by atoms with E-state index < -0.39 is 0 Å². The van der Waals surface area contributed by atoms with Gasteiger partial charge in [0.05, 0.1) is 0 Å². The van der Waals surface area contributed by atoms with Gasteiger partial charge in [-0.2, -0.15) is 0 Å². The zero-order chi connectivity index (χ0) is 14.4. The Balaban J connectivity index is 1.70. The van der Waals surface area contributed by atoms with E-state index in [4.69, 9.17) is 5.11 Å². The maximum absolute atomic E-state index is 11.7. The summed E-state index contributed by atoms with van der Waals surface area (Å²) in [6, 6.07) is 0.919. The minimum atomic E-state index is -0.105. The maximum atomic E-state index is 11.7. The smallest absolute Gasteiger partial charge is 0.315 e. The van der Waals surface area contributed by atoms with Crippen LogP contribution in [0.2, 0.25) is 0 Å². The van der Waals surface area contributed by atoms with Gasteiger partial charge >= 0.3 is 6.03 Å². The first kappa shape index (κ1) is 15.6. The van der Waals surface area contributed by atoms with E-state index in [-0.39, 0.29) is 18.7 Å². The van der Waals surface area contributed by atoms with Gasteiger partial charge in [-0.05, 0) is 51.5 Å². The van der Waals surface area contributed by atoms with Crippen LogP contribution in [0.5, 0.6) is 0 Å². The Morgan fingerprint density at radius 1 is 1.35 bits per heavy atom. The van der Waals surface area contributed by atoms with Gasteiger partial charge < -0.3 is 20.6 Å². The number of amides is 2. The number of likely N-dealkylation sites (tertiary alicyclic amines) is 1. The highest BCUT2D eigenvalue weighted by molar-refractivity contribution is 5.74. The number of piperidine rings is 1. The summed E-state index contributed by atoms with van der Waals surface area (Å²) in [4.78, 5) is 14.4. The van der Waals surface area contributed by atoms with E-state index in [0.717, 1.165) is 12.6 Å². The molecule has 116 valence electrons. The molecule has 2 fully saturated rings. The molecular formula is C15H29N3O2. The molecular weight excluding hydrogens is 254 g/mol. The zero-order valence-corrected chi connectivity index (χ0v) is 12.6. The highest BCUT2D eigenvalue weighted by atomic mass is 16.3. The topological polar surface area (TPSA) is 64.6 Å². The van der Waals surface area contributed by atoms with Crippen LogP contribution in [0.4, 0.5) is 4.79 Å². The molecule has 2 atom stereocenters. The van der Waals surface area contributed by atoms with Gasteiger partial charge in [0.2, 0.25) is 0 Å². The fourth-order valence-electron chi connectivity index (χ4n) is 3.19. The third-order valence-electron chi connectivity index (χ3n) is 4.77. The van der Waals surface area contributed by atoms with Crippen molar-refractivity contribution in [2.45, 2.75) is 57.5 Å². The summed E-state index contributed by atoms with van der Waals surface area (Å²) in [5.41, 5.74) is 0. The highest BCUT2D eigenvalue weighted by Crippen LogP contribution is 2.30. The molecule has 1 saturated heterocycles. The van der Waals surface area contributed by atoms with Gasteiger partial charge in [-0.3, -0.25) is 0 Å². The van der Waals surface area contributed by atoms with Crippen molar-refractivity contribution in [3.63, 3.8) is 0 Å². The van der Waals surface area contributed by atoms with Crippen LogP contribution in [0, 0.1) is 5.92 Å². The summed E-state index contributed by atoms with van der Waals surface area (Å²) in [6.07, 6.45) is 7.17. The molecule has 0 aromatic rings. The van der Waals surface area contributed by atoms with Crippen molar-refractivity contribution < 1.29 is 9.90 Å². The molecule has 2 amide bonds. The van der Waals surface area contributed by atoms with Crippen LogP contribution < -0.4 is 10.6 Å². The molecule has 2 rings (SSSR count). The van der Waals surface area contributed by atoms with E-state index >= 15 is 0 Å². The molecule has 2 aliphatic rings. The Kier molecular flexibility index (Phi) is 6.10. The van der Waals surface area contributed by atoms with Crippen LogP contribution in [-0.2, 0) is 0 Å². The minimum Gasteiger partial charge on any atom is -0.396 e. The fourth-order valence-corrected chi connectivity index (χ4v) is 3.19. The number of hydrogen-bond acceptors (Lipinski definition) is 3. The number of rotatable bonds is 6. The SMILES string of the molecule is CC(NC(=O)NCCCO)C1CCCN(C2CCC2)C1. The van der Waals surface area contributed by atoms with Crippen molar-refractivity contribution in [3.8, 4) is 0 Å². The van der Waals surface area contributed by atoms with Crippen molar-refractivity contribution in [3.05, 3.63) is 0 Å². The molecule has 20 heavy (non-hydrogen) atoms. The van der Waals surface area contributed by atoms with Crippen LogP contribution in [0.15, 0.2) is 0 Å². The molecule has 0 bridgehead atoms. The predicted molar refractivity (Wildman–Crippen MR) is 79.6 cm³/mol. The second-order valence-electron chi connectivity index (χ2n) is 6.25. The van der Waals surface area contributed by atoms with E-state index in [0.29, 0.717) is 18.9 Å². The normalized spacial score (nSPS) is 25.8. The van der Waals surface area contributed by atoms with Crippen molar-refractivity contribution >= 4 is 6.03 Å². The maximum Gasteiger partial charge on any atom is 0.315 e. The third kappa shape index (κ3) is 4.35. The van der Waals surface area contributed by atoms with E-state index in [2.05, 4.69) is 22.5 Å². The summed E-state index contributed by atoms with van der Waals surface area (Å²) >= 11 is 0. The lowest BCUT2D eigenvalue weighted by Gasteiger charge is -2.43. The quantitative estimate of drug-likeness (QED) is 0.644. The lowest BCUT2D eigenvalue weighted by molar-refractivity contribution is 0.0678. The van der Waals surface area contributed by atoms with E-state index in [1.807, 2.05) is 0 Å². The molecule has 1 aliphatic heterocycles. The fraction of sp³-hybridized carbons (Fsp3) is 0.933. The third-order valence-corrected chi connectivity index (χ3v) is 4.77. The van der Waals surface area contributed by atoms with Crippen molar-refractivity contribution in [1.82, 2.24) is 15.5 Å². The molecule has 1 aliphatic carbocycles. The Morgan fingerprint density at radius 2 is 2.15 bits per heavy atom. The number of carbonyl (C=O) groups excluding carboxylic acids is 1. The molecule has 0 radical (unpaired) electrons. The lowest BCUT2D eigenvalue weighted by Crippen LogP contribution is -2.52. The number of urea groups is 1. The number of nitrogens with one attached hydrogen (secondary N) is 2. The molecule has 1 saturated carbocycles. The van der Waals surface area contributed by atoms with Gasteiger partial charge in [-0.15, -0.1) is 0 Å². The van der Waals surface area contributed by atoms with Crippen LogP contribution in [0.1, 0.15) is 45.4 Å². The van der Waals surface area contributed by atoms with Crippen LogP contribution in [-0.4, -0.2) is 54.4 Å². The molecule has 0 aromatic carbocycles. The van der Waals surface area contributed by atoms with Gasteiger partial charge in [-0.25, -0.2) is 4.79 Å². The summed E-state index contributed by atoms with van der Waals surface area (Å²) in [6.45, 7) is 5.13. The molecule has 3 N–H and O–H groups in total. The van der Waals surface area contributed by atoms with Crippen molar-refractivity contribution in [2.24, 2.45) is 5.92 Å². The molecule has 1 heterocycles. The minimum absolute atomic E-state index is 0.105. The second kappa shape index (κ2) is 7.84. The van der Waals surface area contributed by atoms with Gasteiger partial charge in [0.1, 0.15) is 0 Å². The number of aliphatic hydroxyl groups excluding tert-OH is 1. The Hall–Kier alpha value is -0.810. The van der Waals surface area contributed by atoms with Crippen LogP contribution in [0.3, 0.4) is 0 Å². The average molecular weight is 283 g/mol. The number of aliphatic hydroxyl groups is 1. The van der Waals surface area contributed by atoms with Gasteiger partial charge in [0, 0.05) is 31.8 Å². The first-order chi connectivity index (χ1) is 9.70. The number of carbonyl (C=O) groups is 1. The summed E-state index contributed by atoms with van der Waals surface area (Å²) < 4.78 is 0. The predicted octanol–water partition coefficient (Wildman–Crippen LogP) is 1.32. The lowest BCUT2D eigenvalue weighted by atomic mass is 9.86. The number of hydrogen-bond donors (Lipinski definition) is 3.